The minimum absolute atomic E-state index is 0.0788. The van der Waals surface area contributed by atoms with Gasteiger partial charge in [0.25, 0.3) is 5.69 Å². The van der Waals surface area contributed by atoms with Crippen LogP contribution in [0, 0.1) is 10.1 Å². The lowest BCUT2D eigenvalue weighted by Crippen LogP contribution is -2.08. The van der Waals surface area contributed by atoms with Crippen molar-refractivity contribution in [2.24, 2.45) is 0 Å². The van der Waals surface area contributed by atoms with Crippen molar-refractivity contribution in [1.82, 2.24) is 0 Å². The Morgan fingerprint density at radius 2 is 1.28 bits per heavy atom. The SMILES string of the molecule is O=[N+]([O-])c1ccccc1[C@@H](O)P(=O)(OCc1ccccc1)OCc1ccccc1. The summed E-state index contributed by atoms with van der Waals surface area (Å²) in [6.45, 7) is -0.158. The van der Waals surface area contributed by atoms with Gasteiger partial charge in [-0.2, -0.15) is 0 Å². The Morgan fingerprint density at radius 1 is 0.828 bits per heavy atom. The summed E-state index contributed by atoms with van der Waals surface area (Å²) in [6, 6.07) is 23.5. The lowest BCUT2D eigenvalue weighted by atomic mass is 10.2. The van der Waals surface area contributed by atoms with E-state index in [1.54, 1.807) is 48.5 Å². The van der Waals surface area contributed by atoms with E-state index >= 15 is 0 Å². The van der Waals surface area contributed by atoms with E-state index in [0.29, 0.717) is 0 Å². The van der Waals surface area contributed by atoms with Crippen molar-refractivity contribution in [1.29, 1.82) is 0 Å². The topological polar surface area (TPSA) is 98.9 Å². The number of para-hydroxylation sites is 1. The summed E-state index contributed by atoms with van der Waals surface area (Å²) in [5.41, 5.74) is 0.977. The number of hydrogen-bond acceptors (Lipinski definition) is 6. The third-order valence-electron chi connectivity index (χ3n) is 4.22. The van der Waals surface area contributed by atoms with Gasteiger partial charge in [-0.25, -0.2) is 0 Å². The maximum absolute atomic E-state index is 13.5. The summed E-state index contributed by atoms with van der Waals surface area (Å²) in [4.78, 5) is 10.7. The predicted octanol–water partition coefficient (Wildman–Crippen LogP) is 5.21. The lowest BCUT2D eigenvalue weighted by Gasteiger charge is -2.23. The monoisotopic (exact) mass is 413 g/mol. The molecular formula is C21H20NO6P. The molecule has 29 heavy (non-hydrogen) atoms. The van der Waals surface area contributed by atoms with Gasteiger partial charge in [-0.05, 0) is 17.2 Å². The Kier molecular flexibility index (Phi) is 6.90. The van der Waals surface area contributed by atoms with Crippen molar-refractivity contribution in [3.63, 3.8) is 0 Å². The van der Waals surface area contributed by atoms with Crippen LogP contribution in [0.4, 0.5) is 5.69 Å². The quantitative estimate of drug-likeness (QED) is 0.294. The van der Waals surface area contributed by atoms with Crippen LogP contribution in [-0.4, -0.2) is 10.0 Å². The molecule has 0 spiro atoms. The Morgan fingerprint density at radius 3 is 1.76 bits per heavy atom. The first-order chi connectivity index (χ1) is 14.0. The highest BCUT2D eigenvalue weighted by molar-refractivity contribution is 7.54. The van der Waals surface area contributed by atoms with Crippen LogP contribution >= 0.6 is 7.60 Å². The van der Waals surface area contributed by atoms with Gasteiger partial charge < -0.3 is 14.2 Å². The van der Waals surface area contributed by atoms with Gasteiger partial charge >= 0.3 is 7.60 Å². The van der Waals surface area contributed by atoms with Crippen molar-refractivity contribution in [2.75, 3.05) is 0 Å². The molecule has 3 aromatic carbocycles. The molecule has 0 aliphatic carbocycles. The third-order valence-corrected chi connectivity index (χ3v) is 6.07. The molecule has 0 aliphatic heterocycles. The first kappa shape index (κ1) is 20.9. The lowest BCUT2D eigenvalue weighted by molar-refractivity contribution is -0.386. The molecule has 8 heteroatoms. The van der Waals surface area contributed by atoms with Crippen LogP contribution in [-0.2, 0) is 26.8 Å². The number of aliphatic hydroxyl groups is 1. The number of nitrogens with zero attached hydrogens (tertiary/aromatic N) is 1. The maximum atomic E-state index is 13.5. The zero-order valence-corrected chi connectivity index (χ0v) is 16.4. The zero-order chi connectivity index (χ0) is 20.7. The fraction of sp³-hybridized carbons (Fsp3) is 0.143. The van der Waals surface area contributed by atoms with Gasteiger partial charge in [0.2, 0.25) is 0 Å². The number of aliphatic hydroxyl groups excluding tert-OH is 1. The molecular weight excluding hydrogens is 393 g/mol. The molecule has 0 fully saturated rings. The highest BCUT2D eigenvalue weighted by Gasteiger charge is 2.39. The second kappa shape index (κ2) is 9.58. The van der Waals surface area contributed by atoms with E-state index in [1.165, 1.54) is 24.3 Å². The average molecular weight is 413 g/mol. The molecule has 3 aromatic rings. The number of rotatable bonds is 9. The van der Waals surface area contributed by atoms with Gasteiger partial charge in [-0.15, -0.1) is 0 Å². The molecule has 150 valence electrons. The van der Waals surface area contributed by atoms with Gasteiger partial charge in [0, 0.05) is 6.07 Å². The molecule has 7 nitrogen and oxygen atoms in total. The van der Waals surface area contributed by atoms with Crippen LogP contribution in [0.15, 0.2) is 84.9 Å². The molecule has 0 amide bonds. The van der Waals surface area contributed by atoms with Crippen LogP contribution in [0.2, 0.25) is 0 Å². The van der Waals surface area contributed by atoms with Crippen LogP contribution in [0.5, 0.6) is 0 Å². The predicted molar refractivity (Wildman–Crippen MR) is 108 cm³/mol. The van der Waals surface area contributed by atoms with Gasteiger partial charge in [-0.3, -0.25) is 14.7 Å². The van der Waals surface area contributed by atoms with Gasteiger partial charge in [0.05, 0.1) is 23.7 Å². The van der Waals surface area contributed by atoms with Crippen molar-refractivity contribution in [3.05, 3.63) is 112 Å². The largest absolute Gasteiger partial charge is 0.376 e. The second-order valence-electron chi connectivity index (χ2n) is 6.25. The summed E-state index contributed by atoms with van der Waals surface area (Å²) in [7, 11) is -4.18. The smallest absolute Gasteiger partial charge is 0.364 e. The molecule has 0 bridgehead atoms. The summed E-state index contributed by atoms with van der Waals surface area (Å²) in [5.74, 6) is -1.81. The van der Waals surface area contributed by atoms with Crippen LogP contribution in [0.1, 0.15) is 22.5 Å². The minimum Gasteiger partial charge on any atom is -0.376 e. The zero-order valence-electron chi connectivity index (χ0n) is 15.5. The fourth-order valence-corrected chi connectivity index (χ4v) is 4.27. The molecule has 0 aliphatic rings. The molecule has 0 heterocycles. The van der Waals surface area contributed by atoms with Crippen LogP contribution in [0.3, 0.4) is 0 Å². The molecule has 0 unspecified atom stereocenters. The first-order valence-corrected chi connectivity index (χ1v) is 10.5. The molecule has 3 rings (SSSR count). The summed E-state index contributed by atoms with van der Waals surface area (Å²) in [5, 5.41) is 22.1. The Hall–Kier alpha value is -2.83. The van der Waals surface area contributed by atoms with Crippen LogP contribution in [0.25, 0.3) is 0 Å². The molecule has 1 N–H and O–H groups in total. The normalized spacial score (nSPS) is 12.4. The van der Waals surface area contributed by atoms with E-state index in [-0.39, 0.29) is 24.5 Å². The minimum atomic E-state index is -4.18. The average Bonchev–Trinajstić information content (AvgIpc) is 2.77. The van der Waals surface area contributed by atoms with E-state index in [4.69, 9.17) is 9.05 Å². The second-order valence-corrected chi connectivity index (χ2v) is 8.33. The molecule has 1 atom stereocenters. The van der Waals surface area contributed by atoms with E-state index in [9.17, 15) is 19.8 Å². The van der Waals surface area contributed by atoms with Crippen molar-refractivity contribution in [3.8, 4) is 0 Å². The number of hydrogen-bond donors (Lipinski definition) is 1. The number of nitro benzene ring substituents is 1. The van der Waals surface area contributed by atoms with Crippen LogP contribution < -0.4 is 0 Å². The van der Waals surface area contributed by atoms with E-state index < -0.39 is 18.4 Å². The van der Waals surface area contributed by atoms with E-state index in [0.717, 1.165) is 11.1 Å². The van der Waals surface area contributed by atoms with Crippen molar-refractivity contribution < 1.29 is 23.6 Å². The van der Waals surface area contributed by atoms with E-state index in [1.807, 2.05) is 12.1 Å². The third kappa shape index (κ3) is 5.37. The Balaban J connectivity index is 1.88. The van der Waals surface area contributed by atoms with Crippen molar-refractivity contribution >= 4 is 13.3 Å². The fourth-order valence-electron chi connectivity index (χ4n) is 2.70. The van der Waals surface area contributed by atoms with Gasteiger partial charge in [0.1, 0.15) is 0 Å². The standard InChI is InChI=1S/C21H20NO6P/c23-21(19-13-7-8-14-20(19)22(24)25)29(26,27-15-17-9-3-1-4-10-17)28-16-18-11-5-2-6-12-18/h1-14,21,23H,15-16H2/t21-/m0/s1. The summed E-state index contributed by atoms with van der Waals surface area (Å²) in [6.07, 6.45) is 0. The summed E-state index contributed by atoms with van der Waals surface area (Å²) >= 11 is 0. The highest BCUT2D eigenvalue weighted by Crippen LogP contribution is 2.61. The molecule has 0 saturated carbocycles. The molecule has 0 aromatic heterocycles. The van der Waals surface area contributed by atoms with Crippen molar-refractivity contribution in [2.45, 2.75) is 19.1 Å². The number of benzene rings is 3. The van der Waals surface area contributed by atoms with E-state index in [2.05, 4.69) is 0 Å². The highest BCUT2D eigenvalue weighted by atomic mass is 31.2. The molecule has 0 radical (unpaired) electrons. The number of nitro groups is 1. The Labute approximate surface area is 168 Å². The summed E-state index contributed by atoms with van der Waals surface area (Å²) < 4.78 is 24.6. The molecule has 0 saturated heterocycles. The Bertz CT molecular complexity index is 949. The maximum Gasteiger partial charge on any atom is 0.364 e. The first-order valence-electron chi connectivity index (χ1n) is 8.87. The van der Waals surface area contributed by atoms with Gasteiger partial charge in [0.15, 0.2) is 5.85 Å². The van der Waals surface area contributed by atoms with Gasteiger partial charge in [-0.1, -0.05) is 72.8 Å².